The van der Waals surface area contributed by atoms with E-state index >= 15 is 0 Å². The van der Waals surface area contributed by atoms with Gasteiger partial charge in [0.15, 0.2) is 0 Å². The number of aromatic carboxylic acids is 1. The Kier molecular flexibility index (Phi) is 5.64. The first-order valence-electron chi connectivity index (χ1n) is 7.76. The summed E-state index contributed by atoms with van der Waals surface area (Å²) in [6.07, 6.45) is 0. The summed E-state index contributed by atoms with van der Waals surface area (Å²) in [7, 11) is -5.11. The molecule has 0 saturated carbocycles. The highest BCUT2D eigenvalue weighted by Crippen LogP contribution is 2.27. The summed E-state index contributed by atoms with van der Waals surface area (Å²) in [6.45, 7) is 3.33. The van der Waals surface area contributed by atoms with Crippen LogP contribution >= 0.6 is 0 Å². The summed E-state index contributed by atoms with van der Waals surface area (Å²) in [6, 6.07) is 7.61. The van der Waals surface area contributed by atoms with E-state index in [1.54, 1.807) is 13.8 Å². The van der Waals surface area contributed by atoms with Crippen LogP contribution < -0.4 is 4.72 Å². The van der Waals surface area contributed by atoms with E-state index in [9.17, 15) is 21.6 Å². The van der Waals surface area contributed by atoms with Crippen molar-refractivity contribution < 1.29 is 26.7 Å². The Morgan fingerprint density at radius 2 is 1.63 bits per heavy atom. The zero-order chi connectivity index (χ0) is 20.6. The highest BCUT2D eigenvalue weighted by Gasteiger charge is 2.22. The van der Waals surface area contributed by atoms with Crippen LogP contribution in [0.25, 0.3) is 0 Å². The molecule has 0 atom stereocenters. The van der Waals surface area contributed by atoms with Gasteiger partial charge in [-0.1, -0.05) is 6.07 Å². The second kappa shape index (κ2) is 7.29. The van der Waals surface area contributed by atoms with Gasteiger partial charge in [-0.3, -0.25) is 4.72 Å². The number of benzene rings is 2. The number of hydrogen-bond donors (Lipinski definition) is 2. The van der Waals surface area contributed by atoms with Crippen molar-refractivity contribution in [2.24, 2.45) is 0 Å². The fourth-order valence-corrected chi connectivity index (χ4v) is 4.47. The van der Waals surface area contributed by atoms with Crippen LogP contribution in [0.4, 0.5) is 5.69 Å². The maximum absolute atomic E-state index is 12.7. The van der Waals surface area contributed by atoms with E-state index in [1.165, 1.54) is 44.4 Å². The number of anilines is 1. The van der Waals surface area contributed by atoms with Crippen molar-refractivity contribution in [2.45, 2.75) is 23.6 Å². The molecule has 0 saturated heterocycles. The van der Waals surface area contributed by atoms with Crippen LogP contribution in [0.15, 0.2) is 46.2 Å². The number of sulfonamides is 2. The van der Waals surface area contributed by atoms with Crippen LogP contribution in [0.2, 0.25) is 0 Å². The number of nitrogens with one attached hydrogen (secondary N) is 1. The molecule has 0 aromatic heterocycles. The third-order valence-corrected chi connectivity index (χ3v) is 7.21. The number of aryl methyl sites for hydroxylation is 1. The predicted octanol–water partition coefficient (Wildman–Crippen LogP) is 2.05. The second-order valence-electron chi connectivity index (χ2n) is 6.14. The molecule has 8 nitrogen and oxygen atoms in total. The van der Waals surface area contributed by atoms with Crippen molar-refractivity contribution in [3.8, 4) is 0 Å². The molecule has 0 bridgehead atoms. The Bertz CT molecular complexity index is 1110. The average Bonchev–Trinajstić information content (AvgIpc) is 2.58. The molecule has 2 aromatic rings. The predicted molar refractivity (Wildman–Crippen MR) is 101 cm³/mol. The first kappa shape index (κ1) is 20.9. The maximum Gasteiger partial charge on any atom is 0.335 e. The van der Waals surface area contributed by atoms with Crippen molar-refractivity contribution in [2.75, 3.05) is 18.8 Å². The van der Waals surface area contributed by atoms with Gasteiger partial charge in [0.1, 0.15) is 0 Å². The van der Waals surface area contributed by atoms with Gasteiger partial charge in [0.2, 0.25) is 10.0 Å². The SMILES string of the molecule is Cc1cc(S(=O)(=O)N(C)C)cc(NS(=O)(=O)c2cccc(C(=O)O)c2)c1C. The summed E-state index contributed by atoms with van der Waals surface area (Å²) in [5, 5.41) is 9.04. The van der Waals surface area contributed by atoms with E-state index in [4.69, 9.17) is 5.11 Å². The van der Waals surface area contributed by atoms with E-state index in [1.807, 2.05) is 0 Å². The minimum atomic E-state index is -4.11. The number of carbonyl (C=O) groups is 1. The molecule has 2 rings (SSSR count). The largest absolute Gasteiger partial charge is 0.478 e. The summed E-state index contributed by atoms with van der Waals surface area (Å²) in [5.74, 6) is -1.25. The fourth-order valence-electron chi connectivity index (χ4n) is 2.29. The minimum absolute atomic E-state index is 0.0485. The van der Waals surface area contributed by atoms with Crippen LogP contribution in [0.3, 0.4) is 0 Å². The number of nitrogens with zero attached hydrogens (tertiary/aromatic N) is 1. The smallest absolute Gasteiger partial charge is 0.335 e. The molecule has 0 fully saturated rings. The molecular formula is C17H20N2O6S2. The van der Waals surface area contributed by atoms with Gasteiger partial charge in [-0.2, -0.15) is 0 Å². The van der Waals surface area contributed by atoms with Crippen molar-refractivity contribution in [3.05, 3.63) is 53.1 Å². The lowest BCUT2D eigenvalue weighted by molar-refractivity contribution is 0.0696. The number of carboxylic acid groups (broad SMARTS) is 1. The standard InChI is InChI=1S/C17H20N2O6S2/c1-11-8-15(27(24,25)19(3)4)10-16(12(11)2)18-26(22,23)14-7-5-6-13(9-14)17(20)21/h5-10,18H,1-4H3,(H,20,21). The highest BCUT2D eigenvalue weighted by atomic mass is 32.2. The van der Waals surface area contributed by atoms with Crippen molar-refractivity contribution >= 4 is 31.7 Å². The summed E-state index contributed by atoms with van der Waals surface area (Å²) < 4.78 is 53.5. The molecule has 0 aliphatic rings. The Morgan fingerprint density at radius 1 is 1.00 bits per heavy atom. The molecular weight excluding hydrogens is 392 g/mol. The first-order chi connectivity index (χ1) is 12.4. The third-order valence-electron chi connectivity index (χ3n) is 4.06. The minimum Gasteiger partial charge on any atom is -0.478 e. The van der Waals surface area contributed by atoms with Crippen LogP contribution in [0.5, 0.6) is 0 Å². The lowest BCUT2D eigenvalue weighted by Crippen LogP contribution is -2.23. The summed E-state index contributed by atoms with van der Waals surface area (Å²) >= 11 is 0. The molecule has 0 radical (unpaired) electrons. The van der Waals surface area contributed by atoms with E-state index in [0.29, 0.717) is 11.1 Å². The normalized spacial score (nSPS) is 12.2. The quantitative estimate of drug-likeness (QED) is 0.749. The Morgan fingerprint density at radius 3 is 2.19 bits per heavy atom. The topological polar surface area (TPSA) is 121 Å². The van der Waals surface area contributed by atoms with E-state index in [0.717, 1.165) is 10.4 Å². The highest BCUT2D eigenvalue weighted by molar-refractivity contribution is 7.92. The molecule has 0 aliphatic heterocycles. The first-order valence-corrected chi connectivity index (χ1v) is 10.7. The van der Waals surface area contributed by atoms with Gasteiger partial charge in [0, 0.05) is 14.1 Å². The van der Waals surface area contributed by atoms with Gasteiger partial charge >= 0.3 is 5.97 Å². The van der Waals surface area contributed by atoms with Crippen LogP contribution in [0, 0.1) is 13.8 Å². The maximum atomic E-state index is 12.7. The van der Waals surface area contributed by atoms with E-state index in [2.05, 4.69) is 4.72 Å². The van der Waals surface area contributed by atoms with Crippen LogP contribution in [0.1, 0.15) is 21.5 Å². The average molecular weight is 412 g/mol. The van der Waals surface area contributed by atoms with Gasteiger partial charge in [0.25, 0.3) is 10.0 Å². The molecule has 10 heteroatoms. The van der Waals surface area contributed by atoms with E-state index < -0.39 is 26.0 Å². The monoisotopic (exact) mass is 412 g/mol. The van der Waals surface area contributed by atoms with Crippen molar-refractivity contribution in [3.63, 3.8) is 0 Å². The Hall–Kier alpha value is -2.43. The van der Waals surface area contributed by atoms with E-state index in [-0.39, 0.29) is 21.0 Å². The van der Waals surface area contributed by atoms with Gasteiger partial charge in [-0.05, 0) is 55.3 Å². The molecule has 0 spiro atoms. The van der Waals surface area contributed by atoms with Gasteiger partial charge in [0.05, 0.1) is 21.0 Å². The molecule has 2 aromatic carbocycles. The van der Waals surface area contributed by atoms with Crippen molar-refractivity contribution in [1.82, 2.24) is 4.31 Å². The lowest BCUT2D eigenvalue weighted by atomic mass is 10.1. The Balaban J connectivity index is 2.55. The molecule has 2 N–H and O–H groups in total. The summed E-state index contributed by atoms with van der Waals surface area (Å²) in [5.41, 5.74) is 1.09. The molecule has 0 amide bonds. The zero-order valence-electron chi connectivity index (χ0n) is 15.2. The Labute approximate surface area is 158 Å². The molecule has 0 aliphatic carbocycles. The second-order valence-corrected chi connectivity index (χ2v) is 9.97. The summed E-state index contributed by atoms with van der Waals surface area (Å²) in [4.78, 5) is 10.8. The van der Waals surface area contributed by atoms with Gasteiger partial charge < -0.3 is 5.11 Å². The fraction of sp³-hybridized carbons (Fsp3) is 0.235. The van der Waals surface area contributed by atoms with Gasteiger partial charge in [-0.25, -0.2) is 25.9 Å². The third kappa shape index (κ3) is 4.29. The zero-order valence-corrected chi connectivity index (χ0v) is 16.8. The number of hydrogen-bond acceptors (Lipinski definition) is 5. The van der Waals surface area contributed by atoms with Crippen LogP contribution in [-0.4, -0.2) is 46.3 Å². The number of rotatable bonds is 6. The lowest BCUT2D eigenvalue weighted by Gasteiger charge is -2.17. The molecule has 0 heterocycles. The van der Waals surface area contributed by atoms with Crippen LogP contribution in [-0.2, 0) is 20.0 Å². The number of carboxylic acids is 1. The molecule has 27 heavy (non-hydrogen) atoms. The molecule has 146 valence electrons. The molecule has 0 unspecified atom stereocenters. The van der Waals surface area contributed by atoms with Crippen molar-refractivity contribution in [1.29, 1.82) is 0 Å². The van der Waals surface area contributed by atoms with Gasteiger partial charge in [-0.15, -0.1) is 0 Å².